The molecule has 0 amide bonds. The molecule has 4 rings (SSSR count). The van der Waals surface area contributed by atoms with Gasteiger partial charge in [-0.05, 0) is 36.8 Å². The van der Waals surface area contributed by atoms with E-state index in [1.807, 2.05) is 65.3 Å². The average Bonchev–Trinajstić information content (AvgIpc) is 3.06. The first kappa shape index (κ1) is 15.7. The molecule has 1 unspecified atom stereocenters. The third-order valence-corrected chi connectivity index (χ3v) is 4.60. The molecule has 0 bridgehead atoms. The smallest absolute Gasteiger partial charge is 0.150 e. The van der Waals surface area contributed by atoms with Crippen LogP contribution in [0, 0.1) is 6.92 Å². The number of aryl methyl sites for hydroxylation is 1. The maximum absolute atomic E-state index is 6.49. The Labute approximate surface area is 151 Å². The number of hydrogen-bond donors (Lipinski definition) is 1. The molecule has 0 aliphatic rings. The highest BCUT2D eigenvalue weighted by molar-refractivity contribution is 6.31. The second kappa shape index (κ2) is 6.57. The molecule has 0 saturated carbocycles. The molecule has 0 aliphatic carbocycles. The van der Waals surface area contributed by atoms with E-state index in [0.29, 0.717) is 5.02 Å². The number of benzene rings is 3. The number of para-hydroxylation sites is 2. The highest BCUT2D eigenvalue weighted by Crippen LogP contribution is 2.30. The minimum Gasteiger partial charge on any atom is -0.360 e. The summed E-state index contributed by atoms with van der Waals surface area (Å²) in [4.78, 5) is 0. The van der Waals surface area contributed by atoms with Gasteiger partial charge in [0.2, 0.25) is 0 Å². The van der Waals surface area contributed by atoms with E-state index in [2.05, 4.69) is 34.7 Å². The minimum absolute atomic E-state index is 0.262. The topological polar surface area (TPSA) is 42.7 Å². The molecule has 0 aliphatic heterocycles. The van der Waals surface area contributed by atoms with Gasteiger partial charge in [0, 0.05) is 16.3 Å². The molecule has 0 radical (unpaired) electrons. The van der Waals surface area contributed by atoms with Gasteiger partial charge in [-0.2, -0.15) is 0 Å². The van der Waals surface area contributed by atoms with E-state index in [9.17, 15) is 0 Å². The second-order valence-corrected chi connectivity index (χ2v) is 6.31. The quantitative estimate of drug-likeness (QED) is 0.561. The molecular formula is C20H17ClN4. The first-order valence-electron chi connectivity index (χ1n) is 8.10. The van der Waals surface area contributed by atoms with E-state index in [4.69, 9.17) is 11.6 Å². The van der Waals surface area contributed by atoms with Crippen molar-refractivity contribution in [3.05, 3.63) is 88.9 Å². The lowest BCUT2D eigenvalue weighted by molar-refractivity contribution is 0.571. The lowest BCUT2D eigenvalue weighted by Gasteiger charge is -2.23. The van der Waals surface area contributed by atoms with Gasteiger partial charge in [-0.15, -0.1) is 5.10 Å². The van der Waals surface area contributed by atoms with Gasteiger partial charge in [0.25, 0.3) is 0 Å². The zero-order chi connectivity index (χ0) is 17.2. The zero-order valence-corrected chi connectivity index (χ0v) is 14.5. The Hall–Kier alpha value is -2.85. The van der Waals surface area contributed by atoms with Gasteiger partial charge < -0.3 is 5.32 Å². The van der Waals surface area contributed by atoms with E-state index >= 15 is 0 Å². The normalized spacial score (nSPS) is 12.2. The summed E-state index contributed by atoms with van der Waals surface area (Å²) in [6.45, 7) is 2.07. The summed E-state index contributed by atoms with van der Waals surface area (Å²) < 4.78 is 1.88. The van der Waals surface area contributed by atoms with Crippen LogP contribution >= 0.6 is 11.6 Å². The fraction of sp³-hybridized carbons (Fsp3) is 0.100. The van der Waals surface area contributed by atoms with Crippen LogP contribution in [0.1, 0.15) is 17.3 Å². The van der Waals surface area contributed by atoms with Crippen molar-refractivity contribution in [2.75, 3.05) is 5.32 Å². The van der Waals surface area contributed by atoms with Crippen molar-refractivity contribution in [2.45, 2.75) is 13.1 Å². The maximum atomic E-state index is 6.49. The molecule has 1 atom stereocenters. The predicted molar refractivity (Wildman–Crippen MR) is 102 cm³/mol. The fourth-order valence-corrected chi connectivity index (χ4v) is 3.17. The van der Waals surface area contributed by atoms with Crippen LogP contribution < -0.4 is 5.32 Å². The molecule has 25 heavy (non-hydrogen) atoms. The number of nitrogens with zero attached hydrogens (tertiary/aromatic N) is 3. The van der Waals surface area contributed by atoms with Crippen LogP contribution in [-0.4, -0.2) is 15.0 Å². The first-order chi connectivity index (χ1) is 12.2. The highest BCUT2D eigenvalue weighted by Gasteiger charge is 2.20. The third-order valence-electron chi connectivity index (χ3n) is 4.26. The van der Waals surface area contributed by atoms with Gasteiger partial charge in [0.15, 0.2) is 6.17 Å². The van der Waals surface area contributed by atoms with E-state index in [-0.39, 0.29) is 6.17 Å². The molecule has 0 spiro atoms. The van der Waals surface area contributed by atoms with Crippen molar-refractivity contribution in [3.63, 3.8) is 0 Å². The van der Waals surface area contributed by atoms with E-state index < -0.39 is 0 Å². The average molecular weight is 349 g/mol. The standard InChI is InChI=1S/C20H17ClN4/c1-14-8-2-5-11-17(14)22-20(15-9-3-4-10-16(15)21)25-19-13-7-6-12-18(19)23-24-25/h2-13,20,22H,1H3. The Morgan fingerprint density at radius 2 is 1.64 bits per heavy atom. The zero-order valence-electron chi connectivity index (χ0n) is 13.7. The number of rotatable bonds is 4. The number of halogens is 1. The van der Waals surface area contributed by atoms with Crippen molar-refractivity contribution >= 4 is 28.3 Å². The van der Waals surface area contributed by atoms with Crippen molar-refractivity contribution < 1.29 is 0 Å². The van der Waals surface area contributed by atoms with Crippen LogP contribution in [0.2, 0.25) is 5.02 Å². The summed E-state index contributed by atoms with van der Waals surface area (Å²) in [6, 6.07) is 23.9. The van der Waals surface area contributed by atoms with Crippen LogP contribution in [0.4, 0.5) is 5.69 Å². The SMILES string of the molecule is Cc1ccccc1NC(c1ccccc1Cl)n1nnc2ccccc21. The Bertz CT molecular complexity index is 1020. The summed E-state index contributed by atoms with van der Waals surface area (Å²) in [5.41, 5.74) is 4.94. The van der Waals surface area contributed by atoms with Crippen molar-refractivity contribution in [2.24, 2.45) is 0 Å². The van der Waals surface area contributed by atoms with Crippen LogP contribution in [-0.2, 0) is 0 Å². The lowest BCUT2D eigenvalue weighted by Crippen LogP contribution is -2.21. The summed E-state index contributed by atoms with van der Waals surface area (Å²) >= 11 is 6.49. The molecule has 4 nitrogen and oxygen atoms in total. The lowest BCUT2D eigenvalue weighted by atomic mass is 10.1. The Morgan fingerprint density at radius 3 is 2.48 bits per heavy atom. The van der Waals surface area contributed by atoms with Gasteiger partial charge in [0.1, 0.15) is 5.52 Å². The third kappa shape index (κ3) is 2.96. The molecule has 5 heteroatoms. The Morgan fingerprint density at radius 1 is 0.920 bits per heavy atom. The summed E-state index contributed by atoms with van der Waals surface area (Å²) in [5.74, 6) is 0. The van der Waals surface area contributed by atoms with E-state index in [1.165, 1.54) is 0 Å². The molecule has 4 aromatic rings. The molecule has 1 N–H and O–H groups in total. The Balaban J connectivity index is 1.87. The van der Waals surface area contributed by atoms with Crippen LogP contribution in [0.5, 0.6) is 0 Å². The largest absolute Gasteiger partial charge is 0.360 e. The molecule has 124 valence electrons. The minimum atomic E-state index is -0.262. The second-order valence-electron chi connectivity index (χ2n) is 5.91. The molecule has 1 aromatic heterocycles. The number of fused-ring (bicyclic) bond motifs is 1. The highest BCUT2D eigenvalue weighted by atomic mass is 35.5. The monoisotopic (exact) mass is 348 g/mol. The van der Waals surface area contributed by atoms with Gasteiger partial charge in [-0.25, -0.2) is 4.68 Å². The van der Waals surface area contributed by atoms with Crippen LogP contribution in [0.15, 0.2) is 72.8 Å². The predicted octanol–water partition coefficient (Wildman–Crippen LogP) is 5.05. The molecule has 0 saturated heterocycles. The van der Waals surface area contributed by atoms with Gasteiger partial charge in [-0.3, -0.25) is 0 Å². The number of anilines is 1. The van der Waals surface area contributed by atoms with E-state index in [1.54, 1.807) is 0 Å². The number of nitrogens with one attached hydrogen (secondary N) is 1. The van der Waals surface area contributed by atoms with Gasteiger partial charge in [0.05, 0.1) is 5.52 Å². The van der Waals surface area contributed by atoms with Gasteiger partial charge in [-0.1, -0.05) is 65.3 Å². The summed E-state index contributed by atoms with van der Waals surface area (Å²) in [5, 5.41) is 12.9. The van der Waals surface area contributed by atoms with Crippen LogP contribution in [0.25, 0.3) is 11.0 Å². The first-order valence-corrected chi connectivity index (χ1v) is 8.48. The van der Waals surface area contributed by atoms with E-state index in [0.717, 1.165) is 27.8 Å². The number of aromatic nitrogens is 3. The summed E-state index contributed by atoms with van der Waals surface area (Å²) in [7, 11) is 0. The summed E-state index contributed by atoms with van der Waals surface area (Å²) in [6.07, 6.45) is -0.262. The van der Waals surface area contributed by atoms with Crippen molar-refractivity contribution in [3.8, 4) is 0 Å². The fourth-order valence-electron chi connectivity index (χ4n) is 2.93. The molecular weight excluding hydrogens is 332 g/mol. The number of hydrogen-bond acceptors (Lipinski definition) is 3. The van der Waals surface area contributed by atoms with Crippen molar-refractivity contribution in [1.82, 2.24) is 15.0 Å². The maximum Gasteiger partial charge on any atom is 0.150 e. The molecule has 3 aromatic carbocycles. The van der Waals surface area contributed by atoms with Crippen molar-refractivity contribution in [1.29, 1.82) is 0 Å². The molecule has 0 fully saturated rings. The van der Waals surface area contributed by atoms with Crippen LogP contribution in [0.3, 0.4) is 0 Å². The van der Waals surface area contributed by atoms with Gasteiger partial charge >= 0.3 is 0 Å². The molecule has 1 heterocycles. The Kier molecular flexibility index (Phi) is 4.12.